The molecule has 0 saturated carbocycles. The molecule has 1 aliphatic rings. The van der Waals surface area contributed by atoms with Crippen LogP contribution in [0.15, 0.2) is 41.8 Å². The summed E-state index contributed by atoms with van der Waals surface area (Å²) in [6, 6.07) is 8.91. The number of benzene rings is 2. The molecule has 11 nitrogen and oxygen atoms in total. The number of methoxy groups -OCH3 is 2. The highest BCUT2D eigenvalue weighted by Gasteiger charge is 2.24. The van der Waals surface area contributed by atoms with Crippen molar-refractivity contribution in [3.63, 3.8) is 0 Å². The van der Waals surface area contributed by atoms with Gasteiger partial charge in [0.1, 0.15) is 24.9 Å². The number of anilines is 2. The van der Waals surface area contributed by atoms with E-state index < -0.39 is 0 Å². The van der Waals surface area contributed by atoms with Gasteiger partial charge in [-0.3, -0.25) is 0 Å². The average Bonchev–Trinajstić information content (AvgIpc) is 2.92. The number of nitrogens with one attached hydrogen (secondary N) is 2. The normalized spacial score (nSPS) is 16.1. The summed E-state index contributed by atoms with van der Waals surface area (Å²) >= 11 is 12.2. The van der Waals surface area contributed by atoms with E-state index in [1.54, 1.807) is 26.4 Å². The monoisotopic (exact) mass is 549 g/mol. The zero-order valence-corrected chi connectivity index (χ0v) is 22.1. The van der Waals surface area contributed by atoms with Gasteiger partial charge in [0.05, 0.1) is 42.4 Å². The van der Waals surface area contributed by atoms with Crippen molar-refractivity contribution in [3.05, 3.63) is 46.7 Å². The Kier molecular flexibility index (Phi) is 9.29. The van der Waals surface area contributed by atoms with E-state index in [2.05, 4.69) is 25.7 Å². The highest BCUT2D eigenvalue weighted by molar-refractivity contribution is 6.42. The number of guanidine groups is 1. The molecule has 198 valence electrons. The molecule has 0 bridgehead atoms. The van der Waals surface area contributed by atoms with E-state index >= 15 is 0 Å². The fourth-order valence-electron chi connectivity index (χ4n) is 3.85. The van der Waals surface area contributed by atoms with E-state index in [0.717, 1.165) is 11.1 Å². The van der Waals surface area contributed by atoms with Crippen molar-refractivity contribution in [3.8, 4) is 11.5 Å². The number of hydrogen-bond donors (Lipinski definition) is 3. The Hall–Kier alpha value is -3.25. The molecule has 1 aromatic heterocycles. The largest absolute Gasteiger partial charge is 0.493 e. The van der Waals surface area contributed by atoms with Crippen molar-refractivity contribution < 1.29 is 18.9 Å². The lowest BCUT2D eigenvalue weighted by Gasteiger charge is -2.34. The second-order valence-electron chi connectivity index (χ2n) is 8.12. The Morgan fingerprint density at radius 2 is 2.05 bits per heavy atom. The summed E-state index contributed by atoms with van der Waals surface area (Å²) in [6.07, 6.45) is 1.28. The van der Waals surface area contributed by atoms with Crippen LogP contribution in [-0.4, -0.2) is 80.6 Å². The molecular formula is C24H29Cl2N7O4. The third-order valence-electron chi connectivity index (χ3n) is 5.68. The van der Waals surface area contributed by atoms with Crippen molar-refractivity contribution in [1.29, 1.82) is 0 Å². The van der Waals surface area contributed by atoms with Crippen LogP contribution in [0, 0.1) is 0 Å². The van der Waals surface area contributed by atoms with Crippen molar-refractivity contribution in [1.82, 2.24) is 20.2 Å². The number of hydrazone groups is 1. The number of fused-ring (bicyclic) bond motifs is 1. The van der Waals surface area contributed by atoms with Crippen molar-refractivity contribution in [2.24, 2.45) is 10.9 Å². The minimum atomic E-state index is -0.201. The van der Waals surface area contributed by atoms with Crippen LogP contribution >= 0.6 is 23.2 Å². The van der Waals surface area contributed by atoms with E-state index in [4.69, 9.17) is 48.0 Å². The highest BCUT2D eigenvalue weighted by Crippen LogP contribution is 2.35. The smallest absolute Gasteiger partial charge is 0.216 e. The van der Waals surface area contributed by atoms with E-state index in [1.165, 1.54) is 6.33 Å². The number of rotatable bonds is 9. The van der Waals surface area contributed by atoms with Gasteiger partial charge in [0.25, 0.3) is 0 Å². The lowest BCUT2D eigenvalue weighted by Crippen LogP contribution is -2.52. The second-order valence-corrected chi connectivity index (χ2v) is 8.93. The van der Waals surface area contributed by atoms with E-state index in [-0.39, 0.29) is 6.10 Å². The molecule has 0 radical (unpaired) electrons. The number of aromatic nitrogens is 2. The summed E-state index contributed by atoms with van der Waals surface area (Å²) in [6.45, 7) is 3.19. The maximum absolute atomic E-state index is 6.15. The standard InChI is InChI=1S/C24H29Cl2N7O4/c1-34-7-5-28-24(32-27)33-6-8-36-16(12-33)13-37-22-11-20-17(10-21(22)35-2)23(30-14-29-20)31-15-3-4-18(25)19(26)9-15/h3-4,9-11,14,16H,5-8,12-13,27H2,1-2H3,(H,28,32)(H,29,30,31). The quantitative estimate of drug-likeness (QED) is 0.120. The number of nitrogens with zero attached hydrogens (tertiary/aromatic N) is 4. The molecule has 2 aromatic carbocycles. The van der Waals surface area contributed by atoms with E-state index in [0.29, 0.717) is 78.3 Å². The molecule has 2 heterocycles. The Morgan fingerprint density at radius 3 is 2.81 bits per heavy atom. The molecule has 4 N–H and O–H groups in total. The Morgan fingerprint density at radius 1 is 1.19 bits per heavy atom. The van der Waals surface area contributed by atoms with Gasteiger partial charge in [0.15, 0.2) is 11.5 Å². The molecule has 1 atom stereocenters. The van der Waals surface area contributed by atoms with Gasteiger partial charge in [-0.1, -0.05) is 23.2 Å². The summed E-state index contributed by atoms with van der Waals surface area (Å²) in [5, 5.41) is 12.0. The van der Waals surface area contributed by atoms with Crippen LogP contribution in [0.3, 0.4) is 0 Å². The first kappa shape index (κ1) is 26.8. The number of nitrogens with two attached hydrogens (primary N) is 1. The molecule has 13 heteroatoms. The minimum absolute atomic E-state index is 0.201. The summed E-state index contributed by atoms with van der Waals surface area (Å²) in [5.74, 6) is 7.85. The lowest BCUT2D eigenvalue weighted by atomic mass is 10.2. The fraction of sp³-hybridized carbons (Fsp3) is 0.375. The van der Waals surface area contributed by atoms with Crippen LogP contribution in [0.2, 0.25) is 10.0 Å². The van der Waals surface area contributed by atoms with Crippen LogP contribution < -0.4 is 25.9 Å². The van der Waals surface area contributed by atoms with Crippen molar-refractivity contribution >= 4 is 51.6 Å². The van der Waals surface area contributed by atoms with Crippen LogP contribution in [0.4, 0.5) is 11.5 Å². The van der Waals surface area contributed by atoms with Crippen molar-refractivity contribution in [2.45, 2.75) is 6.10 Å². The minimum Gasteiger partial charge on any atom is -0.493 e. The van der Waals surface area contributed by atoms with Crippen LogP contribution in [0.25, 0.3) is 10.9 Å². The molecule has 3 aromatic rings. The second kappa shape index (κ2) is 12.8. The summed E-state index contributed by atoms with van der Waals surface area (Å²) in [5.41, 5.74) is 1.42. The zero-order chi connectivity index (χ0) is 26.2. The Balaban J connectivity index is 1.47. The molecule has 1 fully saturated rings. The SMILES string of the molecule is COCCN/C(=N\N)N1CCOC(COc2cc3ncnc(Nc4ccc(Cl)c(Cl)c4)c3cc2OC)C1. The summed E-state index contributed by atoms with van der Waals surface area (Å²) in [4.78, 5) is 10.8. The predicted molar refractivity (Wildman–Crippen MR) is 144 cm³/mol. The fourth-order valence-corrected chi connectivity index (χ4v) is 4.14. The molecule has 0 spiro atoms. The number of morpholine rings is 1. The molecular weight excluding hydrogens is 521 g/mol. The van der Waals surface area contributed by atoms with Gasteiger partial charge in [-0.05, 0) is 24.3 Å². The van der Waals surface area contributed by atoms with Gasteiger partial charge >= 0.3 is 0 Å². The maximum Gasteiger partial charge on any atom is 0.216 e. The molecule has 1 saturated heterocycles. The summed E-state index contributed by atoms with van der Waals surface area (Å²) in [7, 11) is 3.22. The van der Waals surface area contributed by atoms with E-state index in [9.17, 15) is 0 Å². The van der Waals surface area contributed by atoms with Crippen molar-refractivity contribution in [2.75, 3.05) is 59.0 Å². The average molecular weight is 550 g/mol. The third-order valence-corrected chi connectivity index (χ3v) is 6.42. The van der Waals surface area contributed by atoms with Gasteiger partial charge in [-0.2, -0.15) is 0 Å². The molecule has 37 heavy (non-hydrogen) atoms. The molecule has 1 aliphatic heterocycles. The first-order valence-electron chi connectivity index (χ1n) is 11.6. The first-order chi connectivity index (χ1) is 18.0. The molecule has 0 aliphatic carbocycles. The number of halogens is 2. The first-order valence-corrected chi connectivity index (χ1v) is 12.3. The van der Waals surface area contributed by atoms with Crippen LogP contribution in [0.1, 0.15) is 0 Å². The maximum atomic E-state index is 6.15. The Labute approximate surface area is 224 Å². The highest BCUT2D eigenvalue weighted by atomic mass is 35.5. The number of ether oxygens (including phenoxy) is 4. The number of hydrogen-bond acceptors (Lipinski definition) is 9. The van der Waals surface area contributed by atoms with Crippen LogP contribution in [0.5, 0.6) is 11.5 Å². The van der Waals surface area contributed by atoms with Gasteiger partial charge in [0.2, 0.25) is 5.96 Å². The van der Waals surface area contributed by atoms with Gasteiger partial charge < -0.3 is 40.3 Å². The predicted octanol–water partition coefficient (Wildman–Crippen LogP) is 3.23. The van der Waals surface area contributed by atoms with Gasteiger partial charge in [0, 0.05) is 37.3 Å². The Bertz CT molecular complexity index is 1250. The van der Waals surface area contributed by atoms with E-state index in [1.807, 2.05) is 23.1 Å². The van der Waals surface area contributed by atoms with Gasteiger partial charge in [-0.15, -0.1) is 5.10 Å². The van der Waals surface area contributed by atoms with Crippen LogP contribution in [-0.2, 0) is 9.47 Å². The van der Waals surface area contributed by atoms with Gasteiger partial charge in [-0.25, -0.2) is 9.97 Å². The lowest BCUT2D eigenvalue weighted by molar-refractivity contribution is -0.0299. The summed E-state index contributed by atoms with van der Waals surface area (Å²) < 4.78 is 22.7. The topological polar surface area (TPSA) is 128 Å². The zero-order valence-electron chi connectivity index (χ0n) is 20.5. The third kappa shape index (κ3) is 6.75. The molecule has 4 rings (SSSR count). The molecule has 1 unspecified atom stereocenters. The molecule has 0 amide bonds.